The Kier molecular flexibility index (Phi) is 8.32. The lowest BCUT2D eigenvalue weighted by Crippen LogP contribution is -2.29. The smallest absolute Gasteiger partial charge is 0.119 e. The summed E-state index contributed by atoms with van der Waals surface area (Å²) in [5, 5.41) is 3.46. The Labute approximate surface area is 112 Å². The van der Waals surface area contributed by atoms with Crippen LogP contribution in [0.4, 0.5) is 0 Å². The van der Waals surface area contributed by atoms with Crippen LogP contribution in [0.3, 0.4) is 0 Å². The summed E-state index contributed by atoms with van der Waals surface area (Å²) in [6, 6.07) is 10.0. The molecule has 1 rings (SSSR count). The molecule has 0 saturated carbocycles. The van der Waals surface area contributed by atoms with E-state index in [0.29, 0.717) is 0 Å². The molecule has 0 fully saturated rings. The Morgan fingerprint density at radius 2 is 1.78 bits per heavy atom. The fraction of sp³-hybridized carbons (Fsp3) is 0.625. The number of hydrogen-bond donors (Lipinski definition) is 1. The molecule has 18 heavy (non-hydrogen) atoms. The Balaban J connectivity index is 1.99. The summed E-state index contributed by atoms with van der Waals surface area (Å²) in [5.74, 6) is 0.953. The maximum atomic E-state index is 5.80. The van der Waals surface area contributed by atoms with Gasteiger partial charge in [-0.15, -0.1) is 0 Å². The molecular formula is C16H27NO. The summed E-state index contributed by atoms with van der Waals surface area (Å²) in [4.78, 5) is 0. The van der Waals surface area contributed by atoms with Crippen LogP contribution in [0.2, 0.25) is 0 Å². The molecule has 2 nitrogen and oxygen atoms in total. The van der Waals surface area contributed by atoms with E-state index in [2.05, 4.69) is 19.2 Å². The van der Waals surface area contributed by atoms with Crippen molar-refractivity contribution in [3.63, 3.8) is 0 Å². The van der Waals surface area contributed by atoms with Gasteiger partial charge in [0.2, 0.25) is 0 Å². The van der Waals surface area contributed by atoms with Crippen LogP contribution < -0.4 is 10.1 Å². The van der Waals surface area contributed by atoms with Gasteiger partial charge in [-0.1, -0.05) is 50.8 Å². The van der Waals surface area contributed by atoms with E-state index in [1.165, 1.54) is 32.1 Å². The van der Waals surface area contributed by atoms with Crippen molar-refractivity contribution in [2.75, 3.05) is 13.1 Å². The molecule has 0 bridgehead atoms. The topological polar surface area (TPSA) is 21.3 Å². The van der Waals surface area contributed by atoms with E-state index in [1.54, 1.807) is 0 Å². The van der Waals surface area contributed by atoms with Crippen molar-refractivity contribution < 1.29 is 4.74 Å². The molecule has 0 aliphatic heterocycles. The number of ether oxygens (including phenoxy) is 1. The molecule has 1 aromatic rings. The summed E-state index contributed by atoms with van der Waals surface area (Å²) >= 11 is 0. The van der Waals surface area contributed by atoms with Crippen molar-refractivity contribution in [3.05, 3.63) is 30.3 Å². The summed E-state index contributed by atoms with van der Waals surface area (Å²) in [6.07, 6.45) is 6.90. The van der Waals surface area contributed by atoms with Gasteiger partial charge in [0.15, 0.2) is 0 Å². The Hall–Kier alpha value is -1.02. The van der Waals surface area contributed by atoms with Crippen LogP contribution in [-0.4, -0.2) is 19.2 Å². The fourth-order valence-corrected chi connectivity index (χ4v) is 1.93. The molecule has 0 aliphatic carbocycles. The number of unbranched alkanes of at least 4 members (excludes halogenated alkanes) is 4. The van der Waals surface area contributed by atoms with Gasteiger partial charge in [0, 0.05) is 6.54 Å². The monoisotopic (exact) mass is 249 g/mol. The van der Waals surface area contributed by atoms with Gasteiger partial charge in [-0.25, -0.2) is 0 Å². The van der Waals surface area contributed by atoms with E-state index in [-0.39, 0.29) is 6.10 Å². The molecule has 1 aromatic carbocycles. The van der Waals surface area contributed by atoms with Crippen LogP contribution in [0.15, 0.2) is 30.3 Å². The van der Waals surface area contributed by atoms with Gasteiger partial charge in [0.25, 0.3) is 0 Å². The van der Waals surface area contributed by atoms with Gasteiger partial charge in [-0.05, 0) is 32.0 Å². The second-order valence-corrected chi connectivity index (χ2v) is 4.86. The highest BCUT2D eigenvalue weighted by Crippen LogP contribution is 2.10. The van der Waals surface area contributed by atoms with Crippen LogP contribution in [0.25, 0.3) is 0 Å². The largest absolute Gasteiger partial charge is 0.489 e. The molecule has 1 unspecified atom stereocenters. The molecule has 2 heteroatoms. The van der Waals surface area contributed by atoms with Crippen LogP contribution >= 0.6 is 0 Å². The minimum atomic E-state index is 0.225. The van der Waals surface area contributed by atoms with Crippen molar-refractivity contribution in [2.24, 2.45) is 0 Å². The molecule has 0 aliphatic rings. The predicted molar refractivity (Wildman–Crippen MR) is 78.2 cm³/mol. The highest BCUT2D eigenvalue weighted by Gasteiger charge is 2.02. The third-order valence-corrected chi connectivity index (χ3v) is 2.97. The van der Waals surface area contributed by atoms with Gasteiger partial charge in [0.1, 0.15) is 11.9 Å². The lowest BCUT2D eigenvalue weighted by Gasteiger charge is -2.15. The van der Waals surface area contributed by atoms with Crippen molar-refractivity contribution in [2.45, 2.75) is 52.1 Å². The molecular weight excluding hydrogens is 222 g/mol. The van der Waals surface area contributed by atoms with Crippen molar-refractivity contribution in [3.8, 4) is 5.75 Å². The molecule has 1 atom stereocenters. The number of benzene rings is 1. The fourth-order valence-electron chi connectivity index (χ4n) is 1.93. The molecule has 0 heterocycles. The Bertz CT molecular complexity index is 286. The zero-order valence-electron chi connectivity index (χ0n) is 11.8. The average Bonchev–Trinajstić information content (AvgIpc) is 2.39. The molecule has 0 spiro atoms. The maximum Gasteiger partial charge on any atom is 0.119 e. The third kappa shape index (κ3) is 7.33. The molecule has 0 amide bonds. The van der Waals surface area contributed by atoms with Gasteiger partial charge in [-0.2, -0.15) is 0 Å². The Morgan fingerprint density at radius 1 is 1.06 bits per heavy atom. The van der Waals surface area contributed by atoms with Crippen molar-refractivity contribution in [1.82, 2.24) is 5.32 Å². The molecule has 102 valence electrons. The summed E-state index contributed by atoms with van der Waals surface area (Å²) in [7, 11) is 0. The lowest BCUT2D eigenvalue weighted by atomic mass is 10.1. The summed E-state index contributed by atoms with van der Waals surface area (Å²) in [5.41, 5.74) is 0. The quantitative estimate of drug-likeness (QED) is 0.632. The van der Waals surface area contributed by atoms with Crippen LogP contribution in [-0.2, 0) is 0 Å². The number of hydrogen-bond acceptors (Lipinski definition) is 2. The molecule has 0 saturated heterocycles. The van der Waals surface area contributed by atoms with E-state index in [1.807, 2.05) is 30.3 Å². The number of rotatable bonds is 10. The third-order valence-electron chi connectivity index (χ3n) is 2.97. The van der Waals surface area contributed by atoms with E-state index < -0.39 is 0 Å². The van der Waals surface area contributed by atoms with Gasteiger partial charge in [0.05, 0.1) is 0 Å². The van der Waals surface area contributed by atoms with Crippen LogP contribution in [0.5, 0.6) is 5.75 Å². The van der Waals surface area contributed by atoms with Gasteiger partial charge >= 0.3 is 0 Å². The highest BCUT2D eigenvalue weighted by molar-refractivity contribution is 5.21. The van der Waals surface area contributed by atoms with E-state index in [0.717, 1.165) is 18.8 Å². The molecule has 1 N–H and O–H groups in total. The zero-order chi connectivity index (χ0) is 13.1. The Morgan fingerprint density at radius 3 is 2.50 bits per heavy atom. The second kappa shape index (κ2) is 9.95. The molecule has 0 radical (unpaired) electrons. The zero-order valence-corrected chi connectivity index (χ0v) is 11.8. The van der Waals surface area contributed by atoms with Crippen molar-refractivity contribution in [1.29, 1.82) is 0 Å². The van der Waals surface area contributed by atoms with E-state index in [4.69, 9.17) is 4.74 Å². The first-order valence-corrected chi connectivity index (χ1v) is 7.25. The first-order chi connectivity index (χ1) is 8.83. The lowest BCUT2D eigenvalue weighted by molar-refractivity contribution is 0.217. The second-order valence-electron chi connectivity index (χ2n) is 4.86. The highest BCUT2D eigenvalue weighted by atomic mass is 16.5. The van der Waals surface area contributed by atoms with E-state index in [9.17, 15) is 0 Å². The first-order valence-electron chi connectivity index (χ1n) is 7.25. The maximum absolute atomic E-state index is 5.80. The SMILES string of the molecule is CCCCCCCNCC(C)Oc1ccccc1. The van der Waals surface area contributed by atoms with E-state index >= 15 is 0 Å². The van der Waals surface area contributed by atoms with Gasteiger partial charge < -0.3 is 10.1 Å². The van der Waals surface area contributed by atoms with Crippen LogP contribution in [0.1, 0.15) is 46.0 Å². The van der Waals surface area contributed by atoms with Gasteiger partial charge in [-0.3, -0.25) is 0 Å². The van der Waals surface area contributed by atoms with Crippen molar-refractivity contribution >= 4 is 0 Å². The summed E-state index contributed by atoms with van der Waals surface area (Å²) < 4.78 is 5.80. The number of para-hydroxylation sites is 1. The minimum Gasteiger partial charge on any atom is -0.489 e. The van der Waals surface area contributed by atoms with Crippen LogP contribution in [0, 0.1) is 0 Å². The normalized spacial score (nSPS) is 12.3. The summed E-state index contributed by atoms with van der Waals surface area (Å²) in [6.45, 7) is 6.38. The minimum absolute atomic E-state index is 0.225. The predicted octanol–water partition coefficient (Wildman–Crippen LogP) is 4.01. The first kappa shape index (κ1) is 15.0. The number of nitrogens with one attached hydrogen (secondary N) is 1. The average molecular weight is 249 g/mol. The molecule has 0 aromatic heterocycles. The standard InChI is InChI=1S/C16H27NO/c1-3-4-5-6-10-13-17-14-15(2)18-16-11-8-7-9-12-16/h7-9,11-12,15,17H,3-6,10,13-14H2,1-2H3.